The van der Waals surface area contributed by atoms with Crippen LogP contribution in [0.25, 0.3) is 0 Å². The summed E-state index contributed by atoms with van der Waals surface area (Å²) in [6.07, 6.45) is 1.55. The maximum Gasteiger partial charge on any atom is 0.305 e. The number of amides is 1. The lowest BCUT2D eigenvalue weighted by atomic mass is 9.94. The Labute approximate surface area is 144 Å². The summed E-state index contributed by atoms with van der Waals surface area (Å²) in [6.45, 7) is 0.755. The highest BCUT2D eigenvalue weighted by Crippen LogP contribution is 2.24. The summed E-state index contributed by atoms with van der Waals surface area (Å²) in [6, 6.07) is 7.58. The molecule has 1 amide bonds. The summed E-state index contributed by atoms with van der Waals surface area (Å²) in [5.74, 6) is -0.222. The quantitative estimate of drug-likeness (QED) is 0.552. The van der Waals surface area contributed by atoms with Crippen LogP contribution in [-0.2, 0) is 14.3 Å². The van der Waals surface area contributed by atoms with Crippen molar-refractivity contribution in [3.05, 3.63) is 29.3 Å². The van der Waals surface area contributed by atoms with Crippen molar-refractivity contribution >= 4 is 35.2 Å². The fourth-order valence-electron chi connectivity index (χ4n) is 2.49. The summed E-state index contributed by atoms with van der Waals surface area (Å²) < 4.78 is 5.26. The van der Waals surface area contributed by atoms with E-state index in [9.17, 15) is 9.59 Å². The van der Waals surface area contributed by atoms with Crippen molar-refractivity contribution in [2.45, 2.75) is 36.1 Å². The highest BCUT2D eigenvalue weighted by Gasteiger charge is 2.38. The first kappa shape index (κ1) is 18.1. The summed E-state index contributed by atoms with van der Waals surface area (Å²) in [5, 5.41) is 12.6. The average Bonchev–Trinajstić information content (AvgIpc) is 2.92. The van der Waals surface area contributed by atoms with Crippen molar-refractivity contribution in [1.29, 1.82) is 0 Å². The lowest BCUT2D eigenvalue weighted by Crippen LogP contribution is -2.50. The van der Waals surface area contributed by atoms with E-state index in [-0.39, 0.29) is 18.9 Å². The lowest BCUT2D eigenvalue weighted by Gasteiger charge is -2.27. The number of ether oxygens (including phenoxy) is 1. The van der Waals surface area contributed by atoms with E-state index in [1.54, 1.807) is 11.8 Å². The zero-order valence-electron chi connectivity index (χ0n) is 12.7. The number of carboxylic acid groups (broad SMARTS) is 1. The first-order valence-corrected chi connectivity index (χ1v) is 8.84. The number of hydrogen-bond donors (Lipinski definition) is 2. The second-order valence-electron chi connectivity index (χ2n) is 5.61. The van der Waals surface area contributed by atoms with Gasteiger partial charge in [0.2, 0.25) is 5.91 Å². The monoisotopic (exact) mass is 357 g/mol. The molecule has 1 fully saturated rings. The van der Waals surface area contributed by atoms with E-state index >= 15 is 0 Å². The fourth-order valence-corrected chi connectivity index (χ4v) is 3.47. The third-order valence-corrected chi connectivity index (χ3v) is 4.98. The van der Waals surface area contributed by atoms with Gasteiger partial charge >= 0.3 is 5.97 Å². The van der Waals surface area contributed by atoms with Crippen molar-refractivity contribution in [1.82, 2.24) is 5.32 Å². The number of halogens is 1. The van der Waals surface area contributed by atoms with E-state index in [1.165, 1.54) is 0 Å². The Bertz CT molecular complexity index is 544. The zero-order chi connectivity index (χ0) is 16.7. The molecule has 0 aromatic heterocycles. The molecule has 5 nitrogen and oxygen atoms in total. The summed E-state index contributed by atoms with van der Waals surface area (Å²) in [5.41, 5.74) is -0.744. The fraction of sp³-hybridized carbons (Fsp3) is 0.500. The van der Waals surface area contributed by atoms with Gasteiger partial charge in [-0.3, -0.25) is 9.59 Å². The van der Waals surface area contributed by atoms with E-state index in [1.807, 2.05) is 24.3 Å². The molecular formula is C16H20ClNO4S. The number of carboxylic acids is 1. The molecule has 0 saturated carbocycles. The normalized spacial score (nSPS) is 20.4. The summed E-state index contributed by atoms with van der Waals surface area (Å²) in [7, 11) is 0. The van der Waals surface area contributed by atoms with Gasteiger partial charge in [0, 0.05) is 22.9 Å². The first-order valence-electron chi connectivity index (χ1n) is 7.48. The molecule has 0 radical (unpaired) electrons. The Hall–Kier alpha value is -1.24. The largest absolute Gasteiger partial charge is 0.481 e. The van der Waals surface area contributed by atoms with E-state index in [4.69, 9.17) is 21.4 Å². The molecule has 1 aliphatic rings. The highest BCUT2D eigenvalue weighted by molar-refractivity contribution is 7.99. The number of thioether (sulfide) groups is 1. The number of carbonyl (C=O) groups is 2. The minimum absolute atomic E-state index is 0.0989. The van der Waals surface area contributed by atoms with Gasteiger partial charge in [0.15, 0.2) is 0 Å². The second kappa shape index (κ2) is 8.57. The van der Waals surface area contributed by atoms with E-state index in [0.29, 0.717) is 24.5 Å². The van der Waals surface area contributed by atoms with Crippen LogP contribution in [0.1, 0.15) is 25.7 Å². The molecule has 2 rings (SSSR count). The predicted octanol–water partition coefficient (Wildman–Crippen LogP) is 2.96. The molecule has 1 saturated heterocycles. The molecular weight excluding hydrogens is 338 g/mol. The van der Waals surface area contributed by atoms with Gasteiger partial charge in [-0.25, -0.2) is 0 Å². The maximum atomic E-state index is 12.1. The van der Waals surface area contributed by atoms with Gasteiger partial charge < -0.3 is 15.2 Å². The second-order valence-corrected chi connectivity index (χ2v) is 7.21. The number of benzene rings is 1. The zero-order valence-corrected chi connectivity index (χ0v) is 14.3. The van der Waals surface area contributed by atoms with Crippen molar-refractivity contribution < 1.29 is 19.4 Å². The molecule has 1 aromatic carbocycles. The third-order valence-electron chi connectivity index (χ3n) is 3.63. The minimum atomic E-state index is -0.922. The molecule has 2 N–H and O–H groups in total. The van der Waals surface area contributed by atoms with Gasteiger partial charge in [-0.1, -0.05) is 11.6 Å². The van der Waals surface area contributed by atoms with Gasteiger partial charge in [0.25, 0.3) is 0 Å². The maximum absolute atomic E-state index is 12.1. The number of hydrogen-bond acceptors (Lipinski definition) is 4. The van der Waals surface area contributed by atoms with E-state index in [2.05, 4.69) is 5.32 Å². The van der Waals surface area contributed by atoms with Crippen LogP contribution in [0.15, 0.2) is 29.2 Å². The van der Waals surface area contributed by atoms with Gasteiger partial charge in [-0.05, 0) is 42.9 Å². The number of aliphatic carboxylic acids is 1. The molecule has 1 unspecified atom stereocenters. The van der Waals surface area contributed by atoms with E-state index < -0.39 is 11.5 Å². The van der Waals surface area contributed by atoms with Crippen LogP contribution in [0, 0.1) is 0 Å². The SMILES string of the molecule is O=C(O)CC1(NC(=O)CCCSc2ccc(Cl)cc2)CCOC1. The van der Waals surface area contributed by atoms with Crippen molar-refractivity contribution in [2.75, 3.05) is 19.0 Å². The first-order chi connectivity index (χ1) is 11.0. The van der Waals surface area contributed by atoms with E-state index in [0.717, 1.165) is 17.1 Å². The van der Waals surface area contributed by atoms with Gasteiger partial charge in [0.1, 0.15) is 0 Å². The highest BCUT2D eigenvalue weighted by atomic mass is 35.5. The van der Waals surface area contributed by atoms with Crippen LogP contribution in [0.4, 0.5) is 0 Å². The standard InChI is InChI=1S/C16H20ClNO4S/c17-12-3-5-13(6-4-12)23-9-1-2-14(19)18-16(10-15(20)21)7-8-22-11-16/h3-6H,1-2,7-11H2,(H,18,19)(H,20,21). The molecule has 0 aliphatic carbocycles. The van der Waals surface area contributed by atoms with Crippen LogP contribution < -0.4 is 5.32 Å². The van der Waals surface area contributed by atoms with Crippen LogP contribution in [-0.4, -0.2) is 41.5 Å². The topological polar surface area (TPSA) is 75.6 Å². The Kier molecular flexibility index (Phi) is 6.74. The Morgan fingerprint density at radius 1 is 1.35 bits per heavy atom. The minimum Gasteiger partial charge on any atom is -0.481 e. The summed E-state index contributed by atoms with van der Waals surface area (Å²) >= 11 is 7.50. The molecule has 1 heterocycles. The molecule has 0 spiro atoms. The van der Waals surface area contributed by atoms with Gasteiger partial charge in [0.05, 0.1) is 18.6 Å². The van der Waals surface area contributed by atoms with Crippen LogP contribution in [0.3, 0.4) is 0 Å². The molecule has 1 atom stereocenters. The molecule has 23 heavy (non-hydrogen) atoms. The number of rotatable bonds is 8. The predicted molar refractivity (Wildman–Crippen MR) is 90.0 cm³/mol. The van der Waals surface area contributed by atoms with Crippen LogP contribution in [0.5, 0.6) is 0 Å². The van der Waals surface area contributed by atoms with Crippen molar-refractivity contribution in [3.63, 3.8) is 0 Å². The molecule has 0 bridgehead atoms. The molecule has 7 heteroatoms. The Morgan fingerprint density at radius 3 is 2.70 bits per heavy atom. The summed E-state index contributed by atoms with van der Waals surface area (Å²) in [4.78, 5) is 24.1. The van der Waals surface area contributed by atoms with Gasteiger partial charge in [-0.2, -0.15) is 0 Å². The van der Waals surface area contributed by atoms with Gasteiger partial charge in [-0.15, -0.1) is 11.8 Å². The van der Waals surface area contributed by atoms with Crippen LogP contribution >= 0.6 is 23.4 Å². The van der Waals surface area contributed by atoms with Crippen molar-refractivity contribution in [3.8, 4) is 0 Å². The molecule has 1 aliphatic heterocycles. The smallest absolute Gasteiger partial charge is 0.305 e. The number of nitrogens with one attached hydrogen (secondary N) is 1. The average molecular weight is 358 g/mol. The Morgan fingerprint density at radius 2 is 2.09 bits per heavy atom. The number of carbonyl (C=O) groups excluding carboxylic acids is 1. The van der Waals surface area contributed by atoms with Crippen LogP contribution in [0.2, 0.25) is 5.02 Å². The molecule has 126 valence electrons. The lowest BCUT2D eigenvalue weighted by molar-refractivity contribution is -0.139. The third kappa shape index (κ3) is 6.05. The van der Waals surface area contributed by atoms with Crippen molar-refractivity contribution in [2.24, 2.45) is 0 Å². The molecule has 1 aromatic rings. The Balaban J connectivity index is 1.71.